The first kappa shape index (κ1) is 51.3. The van der Waals surface area contributed by atoms with Crippen LogP contribution in [0.15, 0.2) is 24.3 Å². The number of unbranched alkanes of at least 4 members (excludes halogenated alkanes) is 19. The standard InChI is InChI=1S/C41H75O13P/c1-3-5-7-9-11-13-15-16-17-18-20-22-24-26-28-30-35(43)53-33(31-51-34(42)29-27-25-23-21-19-14-12-10-8-6-4-2)32-52-55(49,50)54-41-39(47)37(45)36(44)38(46)40(41)48/h13,15-17,33,36-41,44-48H,3-12,14,18-32H2,1-2H3,(H,49,50)/b15-13+,17-16+/t33-,36?,37-,38?,39?,40?,41?/m1/s1. The molecule has 0 aromatic carbocycles. The van der Waals surface area contributed by atoms with Gasteiger partial charge in [0.2, 0.25) is 0 Å². The van der Waals surface area contributed by atoms with E-state index >= 15 is 0 Å². The van der Waals surface area contributed by atoms with Crippen LogP contribution in [0.2, 0.25) is 0 Å². The molecule has 8 atom stereocenters. The summed E-state index contributed by atoms with van der Waals surface area (Å²) in [4.78, 5) is 35.5. The van der Waals surface area contributed by atoms with Crippen molar-refractivity contribution in [2.24, 2.45) is 0 Å². The predicted molar refractivity (Wildman–Crippen MR) is 212 cm³/mol. The van der Waals surface area contributed by atoms with Crippen LogP contribution in [0.5, 0.6) is 0 Å². The molecule has 1 aliphatic rings. The van der Waals surface area contributed by atoms with Crippen molar-refractivity contribution in [1.29, 1.82) is 0 Å². The number of rotatable bonds is 34. The summed E-state index contributed by atoms with van der Waals surface area (Å²) >= 11 is 0. The minimum absolute atomic E-state index is 0.0813. The van der Waals surface area contributed by atoms with Gasteiger partial charge >= 0.3 is 19.8 Å². The molecule has 322 valence electrons. The van der Waals surface area contributed by atoms with E-state index in [2.05, 4.69) is 38.2 Å². The summed E-state index contributed by atoms with van der Waals surface area (Å²) in [7, 11) is -5.11. The van der Waals surface area contributed by atoms with E-state index in [1.54, 1.807) is 0 Å². The number of hydrogen-bond donors (Lipinski definition) is 6. The molecule has 13 nitrogen and oxygen atoms in total. The van der Waals surface area contributed by atoms with Gasteiger partial charge in [-0.1, -0.05) is 141 Å². The maximum absolute atomic E-state index is 12.8. The number of carbonyl (C=O) groups excluding carboxylic acids is 2. The van der Waals surface area contributed by atoms with E-state index in [0.29, 0.717) is 12.8 Å². The molecule has 0 saturated heterocycles. The molecule has 0 spiro atoms. The Bertz CT molecular complexity index is 1070. The minimum atomic E-state index is -5.11. The molecule has 1 saturated carbocycles. The lowest BCUT2D eigenvalue weighted by Gasteiger charge is -2.41. The van der Waals surface area contributed by atoms with E-state index in [-0.39, 0.29) is 12.8 Å². The highest BCUT2D eigenvalue weighted by molar-refractivity contribution is 7.47. The summed E-state index contributed by atoms with van der Waals surface area (Å²) in [5.74, 6) is -1.12. The number of esters is 2. The first-order valence-corrected chi connectivity index (χ1v) is 22.7. The number of phosphoric ester groups is 1. The smallest absolute Gasteiger partial charge is 0.462 e. The van der Waals surface area contributed by atoms with E-state index in [1.807, 2.05) is 0 Å². The van der Waals surface area contributed by atoms with Crippen molar-refractivity contribution < 1.29 is 63.1 Å². The van der Waals surface area contributed by atoms with Gasteiger partial charge in [0.05, 0.1) is 6.61 Å². The predicted octanol–water partition coefficient (Wildman–Crippen LogP) is 7.28. The average Bonchev–Trinajstić information content (AvgIpc) is 3.16. The second-order valence-corrected chi connectivity index (χ2v) is 16.3. The summed E-state index contributed by atoms with van der Waals surface area (Å²) < 4.78 is 33.4. The van der Waals surface area contributed by atoms with Crippen molar-refractivity contribution >= 4 is 19.8 Å². The average molecular weight is 807 g/mol. The van der Waals surface area contributed by atoms with Gasteiger partial charge in [-0.2, -0.15) is 0 Å². The molecular weight excluding hydrogens is 731 g/mol. The van der Waals surface area contributed by atoms with Gasteiger partial charge < -0.3 is 39.9 Å². The van der Waals surface area contributed by atoms with Crippen molar-refractivity contribution in [3.05, 3.63) is 24.3 Å². The fourth-order valence-corrected chi connectivity index (χ4v) is 7.31. The highest BCUT2D eigenvalue weighted by Gasteiger charge is 2.51. The molecule has 0 radical (unpaired) electrons. The van der Waals surface area contributed by atoms with E-state index in [1.165, 1.54) is 70.6 Å². The van der Waals surface area contributed by atoms with Crippen molar-refractivity contribution in [3.63, 3.8) is 0 Å². The van der Waals surface area contributed by atoms with Crippen LogP contribution in [0, 0.1) is 0 Å². The van der Waals surface area contributed by atoms with Gasteiger partial charge in [-0.25, -0.2) is 4.57 Å². The monoisotopic (exact) mass is 806 g/mol. The van der Waals surface area contributed by atoms with Crippen LogP contribution < -0.4 is 0 Å². The molecule has 6 N–H and O–H groups in total. The largest absolute Gasteiger partial charge is 0.472 e. The molecule has 0 aliphatic heterocycles. The first-order chi connectivity index (χ1) is 26.4. The Labute approximate surface area is 330 Å². The zero-order chi connectivity index (χ0) is 40.7. The Morgan fingerprint density at radius 3 is 1.45 bits per heavy atom. The fraction of sp³-hybridized carbons (Fsp3) is 0.854. The van der Waals surface area contributed by atoms with Crippen LogP contribution in [-0.4, -0.2) is 98.3 Å². The van der Waals surface area contributed by atoms with Gasteiger partial charge in [0, 0.05) is 12.8 Å². The van der Waals surface area contributed by atoms with E-state index in [4.69, 9.17) is 18.5 Å². The molecule has 6 unspecified atom stereocenters. The second-order valence-electron chi connectivity index (χ2n) is 14.9. The molecule has 1 rings (SSSR count). The molecule has 1 aliphatic carbocycles. The molecule has 14 heteroatoms. The summed E-state index contributed by atoms with van der Waals surface area (Å²) in [6.07, 6.45) is 19.6. The Morgan fingerprint density at radius 1 is 0.564 bits per heavy atom. The first-order valence-electron chi connectivity index (χ1n) is 21.2. The van der Waals surface area contributed by atoms with Crippen LogP contribution in [-0.2, 0) is 32.7 Å². The van der Waals surface area contributed by atoms with Gasteiger partial charge in [-0.05, 0) is 38.5 Å². The third-order valence-corrected chi connectivity index (χ3v) is 10.8. The Kier molecular flexibility index (Phi) is 30.2. The maximum Gasteiger partial charge on any atom is 0.472 e. The summed E-state index contributed by atoms with van der Waals surface area (Å²) in [6, 6.07) is 0. The summed E-state index contributed by atoms with van der Waals surface area (Å²) in [6.45, 7) is 3.24. The number of ether oxygens (including phenoxy) is 2. The third kappa shape index (κ3) is 25.3. The number of allylic oxidation sites excluding steroid dienone is 4. The zero-order valence-electron chi connectivity index (χ0n) is 33.7. The highest BCUT2D eigenvalue weighted by Crippen LogP contribution is 2.47. The number of phosphoric acid groups is 1. The van der Waals surface area contributed by atoms with Crippen LogP contribution in [0.4, 0.5) is 0 Å². The number of hydrogen-bond acceptors (Lipinski definition) is 12. The van der Waals surface area contributed by atoms with Crippen LogP contribution in [0.1, 0.15) is 168 Å². The van der Waals surface area contributed by atoms with Gasteiger partial charge in [0.1, 0.15) is 43.2 Å². The molecule has 0 aromatic rings. The van der Waals surface area contributed by atoms with E-state index < -0.39 is 75.7 Å². The highest BCUT2D eigenvalue weighted by atomic mass is 31.2. The molecule has 0 bridgehead atoms. The normalized spacial score (nSPS) is 23.3. The lowest BCUT2D eigenvalue weighted by Crippen LogP contribution is -2.64. The van der Waals surface area contributed by atoms with Crippen LogP contribution in [0.25, 0.3) is 0 Å². The van der Waals surface area contributed by atoms with Gasteiger partial charge in [0.25, 0.3) is 0 Å². The number of carbonyl (C=O) groups is 2. The van der Waals surface area contributed by atoms with Crippen molar-refractivity contribution in [2.45, 2.75) is 211 Å². The lowest BCUT2D eigenvalue weighted by molar-refractivity contribution is -0.220. The van der Waals surface area contributed by atoms with Gasteiger partial charge in [-0.3, -0.25) is 18.6 Å². The molecule has 1 fully saturated rings. The van der Waals surface area contributed by atoms with Crippen molar-refractivity contribution in [2.75, 3.05) is 13.2 Å². The Balaban J connectivity index is 2.52. The molecular formula is C41H75O13P. The molecule has 55 heavy (non-hydrogen) atoms. The topological polar surface area (TPSA) is 210 Å². The van der Waals surface area contributed by atoms with E-state index in [9.17, 15) is 44.6 Å². The zero-order valence-corrected chi connectivity index (χ0v) is 34.6. The lowest BCUT2D eigenvalue weighted by atomic mass is 9.85. The van der Waals surface area contributed by atoms with Gasteiger partial charge in [0.15, 0.2) is 6.10 Å². The second kappa shape index (κ2) is 32.3. The molecule has 0 heterocycles. The van der Waals surface area contributed by atoms with E-state index in [0.717, 1.165) is 57.8 Å². The number of aliphatic hydroxyl groups excluding tert-OH is 5. The Hall–Kier alpha value is -1.67. The molecule has 0 aromatic heterocycles. The SMILES string of the molecule is CCCCCC/C=C/C=C/CCCCCCCC(=O)O[C@H](COC(=O)CCCCCCCCCCCCC)COP(=O)(O)OC1C(O)C(O)C(O)[C@@H](O)C1O. The summed E-state index contributed by atoms with van der Waals surface area (Å²) in [5.41, 5.74) is 0. The third-order valence-electron chi connectivity index (χ3n) is 9.82. The van der Waals surface area contributed by atoms with Crippen LogP contribution in [0.3, 0.4) is 0 Å². The summed E-state index contributed by atoms with van der Waals surface area (Å²) in [5, 5.41) is 50.0. The van der Waals surface area contributed by atoms with Crippen molar-refractivity contribution in [1.82, 2.24) is 0 Å². The van der Waals surface area contributed by atoms with Crippen molar-refractivity contribution in [3.8, 4) is 0 Å². The van der Waals surface area contributed by atoms with Gasteiger partial charge in [-0.15, -0.1) is 0 Å². The number of aliphatic hydroxyl groups is 5. The quantitative estimate of drug-likeness (QED) is 0.0164. The Morgan fingerprint density at radius 2 is 0.964 bits per heavy atom. The minimum Gasteiger partial charge on any atom is -0.462 e. The maximum atomic E-state index is 12.8. The van der Waals surface area contributed by atoms with Crippen LogP contribution >= 0.6 is 7.82 Å². The fourth-order valence-electron chi connectivity index (χ4n) is 6.34. The molecule has 0 amide bonds.